The van der Waals surface area contributed by atoms with Gasteiger partial charge >= 0.3 is 0 Å². The first-order valence-corrected chi connectivity index (χ1v) is 8.78. The highest BCUT2D eigenvalue weighted by atomic mass is 16.1. The molecule has 2 N–H and O–H groups in total. The van der Waals surface area contributed by atoms with E-state index in [-0.39, 0.29) is 5.91 Å². The van der Waals surface area contributed by atoms with Gasteiger partial charge in [-0.3, -0.25) is 9.69 Å². The number of benzene rings is 2. The molecule has 2 aromatic carbocycles. The van der Waals surface area contributed by atoms with E-state index in [9.17, 15) is 4.79 Å². The van der Waals surface area contributed by atoms with Gasteiger partial charge in [-0.2, -0.15) is 0 Å². The van der Waals surface area contributed by atoms with Crippen LogP contribution in [0.5, 0.6) is 0 Å². The minimum absolute atomic E-state index is 0.110. The van der Waals surface area contributed by atoms with Crippen molar-refractivity contribution in [3.05, 3.63) is 59.9 Å². The van der Waals surface area contributed by atoms with Crippen molar-refractivity contribution in [3.63, 3.8) is 0 Å². The van der Waals surface area contributed by atoms with E-state index in [1.807, 2.05) is 36.4 Å². The summed E-state index contributed by atoms with van der Waals surface area (Å²) >= 11 is 0. The number of H-pyrrole nitrogens is 1. The molecule has 1 saturated heterocycles. The molecule has 2 heterocycles. The lowest BCUT2D eigenvalue weighted by atomic mass is 10.2. The highest BCUT2D eigenvalue weighted by molar-refractivity contribution is 6.04. The van der Waals surface area contributed by atoms with Crippen LogP contribution in [0.25, 0.3) is 11.0 Å². The average molecular weight is 334 g/mol. The topological polar surface area (TPSA) is 61.0 Å². The molecule has 1 atom stereocenters. The van der Waals surface area contributed by atoms with E-state index < -0.39 is 0 Å². The third kappa shape index (κ3) is 3.42. The van der Waals surface area contributed by atoms with Gasteiger partial charge in [0.05, 0.1) is 17.6 Å². The average Bonchev–Trinajstić information content (AvgIpc) is 3.21. The monoisotopic (exact) mass is 334 g/mol. The van der Waals surface area contributed by atoms with Crippen LogP contribution in [-0.4, -0.2) is 33.4 Å². The number of rotatable bonds is 4. The molecule has 3 aromatic rings. The second-order valence-corrected chi connectivity index (χ2v) is 6.70. The van der Waals surface area contributed by atoms with Crippen LogP contribution in [-0.2, 0) is 6.54 Å². The molecule has 1 aliphatic rings. The molecular weight excluding hydrogens is 312 g/mol. The molecule has 0 radical (unpaired) electrons. The van der Waals surface area contributed by atoms with Crippen LogP contribution < -0.4 is 5.32 Å². The minimum atomic E-state index is -0.110. The summed E-state index contributed by atoms with van der Waals surface area (Å²) in [7, 11) is 0. The van der Waals surface area contributed by atoms with Crippen molar-refractivity contribution >= 4 is 22.6 Å². The normalized spacial score (nSPS) is 17.9. The summed E-state index contributed by atoms with van der Waals surface area (Å²) in [5.74, 6) is 0.872. The van der Waals surface area contributed by atoms with Crippen LogP contribution >= 0.6 is 0 Å². The summed E-state index contributed by atoms with van der Waals surface area (Å²) in [6.45, 7) is 4.25. The smallest absolute Gasteiger partial charge is 0.255 e. The van der Waals surface area contributed by atoms with E-state index >= 15 is 0 Å². The number of anilines is 1. The van der Waals surface area contributed by atoms with Crippen molar-refractivity contribution in [1.82, 2.24) is 14.9 Å². The quantitative estimate of drug-likeness (QED) is 0.763. The Labute approximate surface area is 147 Å². The first-order chi connectivity index (χ1) is 12.2. The lowest BCUT2D eigenvalue weighted by molar-refractivity contribution is 0.102. The van der Waals surface area contributed by atoms with E-state index in [1.165, 1.54) is 12.8 Å². The van der Waals surface area contributed by atoms with Gasteiger partial charge in [0, 0.05) is 17.3 Å². The number of carbonyl (C=O) groups excluding carboxylic acids is 1. The lowest BCUT2D eigenvalue weighted by Crippen LogP contribution is -2.26. The Morgan fingerprint density at radius 3 is 2.88 bits per heavy atom. The van der Waals surface area contributed by atoms with Crippen molar-refractivity contribution in [3.8, 4) is 0 Å². The second kappa shape index (κ2) is 6.69. The predicted molar refractivity (Wildman–Crippen MR) is 99.6 cm³/mol. The van der Waals surface area contributed by atoms with Crippen LogP contribution in [0.3, 0.4) is 0 Å². The van der Waals surface area contributed by atoms with E-state index in [1.54, 1.807) is 12.1 Å². The molecule has 0 unspecified atom stereocenters. The number of amides is 1. The Hall–Kier alpha value is -2.66. The predicted octanol–water partition coefficient (Wildman–Crippen LogP) is 3.80. The largest absolute Gasteiger partial charge is 0.341 e. The van der Waals surface area contributed by atoms with Gasteiger partial charge < -0.3 is 10.3 Å². The molecule has 1 fully saturated rings. The van der Waals surface area contributed by atoms with Crippen LogP contribution in [0, 0.1) is 0 Å². The van der Waals surface area contributed by atoms with Crippen LogP contribution in [0.2, 0.25) is 0 Å². The molecule has 0 saturated carbocycles. The number of nitrogens with one attached hydrogen (secondary N) is 2. The number of imidazole rings is 1. The maximum atomic E-state index is 12.3. The van der Waals surface area contributed by atoms with Crippen molar-refractivity contribution in [2.45, 2.75) is 32.4 Å². The fourth-order valence-corrected chi connectivity index (χ4v) is 3.42. The SMILES string of the molecule is C[C@H]1CCCN1Cc1nc2cc(NC(=O)c3ccccc3)ccc2[nH]1. The standard InChI is InChI=1S/C20H22N4O/c1-14-6-5-11-24(14)13-19-22-17-10-9-16(12-18(17)23-19)21-20(25)15-7-3-2-4-8-15/h2-4,7-10,12,14H,5-6,11,13H2,1H3,(H,21,25)(H,22,23)/t14-/m0/s1. The van der Waals surface area contributed by atoms with Gasteiger partial charge in [-0.1, -0.05) is 18.2 Å². The molecule has 1 amide bonds. The molecule has 25 heavy (non-hydrogen) atoms. The van der Waals surface area contributed by atoms with Gasteiger partial charge in [0.1, 0.15) is 5.82 Å². The molecule has 128 valence electrons. The molecular formula is C20H22N4O. The second-order valence-electron chi connectivity index (χ2n) is 6.70. The number of nitrogens with zero attached hydrogens (tertiary/aromatic N) is 2. The Morgan fingerprint density at radius 1 is 1.28 bits per heavy atom. The van der Waals surface area contributed by atoms with E-state index in [0.717, 1.165) is 35.6 Å². The van der Waals surface area contributed by atoms with E-state index in [0.29, 0.717) is 11.6 Å². The van der Waals surface area contributed by atoms with Gasteiger partial charge in [-0.15, -0.1) is 0 Å². The first-order valence-electron chi connectivity index (χ1n) is 8.78. The number of hydrogen-bond donors (Lipinski definition) is 2. The van der Waals surface area contributed by atoms with Crippen LogP contribution in [0.1, 0.15) is 35.9 Å². The molecule has 1 aliphatic heterocycles. The first kappa shape index (κ1) is 15.8. The molecule has 0 bridgehead atoms. The number of aromatic amines is 1. The van der Waals surface area contributed by atoms with Crippen molar-refractivity contribution in [2.75, 3.05) is 11.9 Å². The third-order valence-electron chi connectivity index (χ3n) is 4.87. The summed E-state index contributed by atoms with van der Waals surface area (Å²) in [6.07, 6.45) is 2.52. The number of fused-ring (bicyclic) bond motifs is 1. The van der Waals surface area contributed by atoms with Crippen LogP contribution in [0.15, 0.2) is 48.5 Å². The zero-order valence-electron chi connectivity index (χ0n) is 14.3. The zero-order chi connectivity index (χ0) is 17.2. The third-order valence-corrected chi connectivity index (χ3v) is 4.87. The van der Waals surface area contributed by atoms with Gasteiger partial charge in [0.2, 0.25) is 0 Å². The summed E-state index contributed by atoms with van der Waals surface area (Å²) in [5.41, 5.74) is 3.29. The van der Waals surface area contributed by atoms with Crippen LogP contribution in [0.4, 0.5) is 5.69 Å². The Kier molecular flexibility index (Phi) is 4.24. The molecule has 5 nitrogen and oxygen atoms in total. The highest BCUT2D eigenvalue weighted by Gasteiger charge is 2.21. The van der Waals surface area contributed by atoms with Crippen molar-refractivity contribution < 1.29 is 4.79 Å². The Bertz CT molecular complexity index is 887. The molecule has 5 heteroatoms. The zero-order valence-corrected chi connectivity index (χ0v) is 14.3. The summed E-state index contributed by atoms with van der Waals surface area (Å²) in [4.78, 5) is 22.8. The fraction of sp³-hybridized carbons (Fsp3) is 0.300. The van der Waals surface area contributed by atoms with Gasteiger partial charge in [0.25, 0.3) is 5.91 Å². The van der Waals surface area contributed by atoms with Crippen molar-refractivity contribution in [2.24, 2.45) is 0 Å². The van der Waals surface area contributed by atoms with Gasteiger partial charge in [-0.25, -0.2) is 4.98 Å². The highest BCUT2D eigenvalue weighted by Crippen LogP contribution is 2.22. The number of hydrogen-bond acceptors (Lipinski definition) is 3. The van der Waals surface area contributed by atoms with Gasteiger partial charge in [0.15, 0.2) is 0 Å². The maximum absolute atomic E-state index is 12.3. The lowest BCUT2D eigenvalue weighted by Gasteiger charge is -2.19. The van der Waals surface area contributed by atoms with E-state index in [4.69, 9.17) is 4.98 Å². The summed E-state index contributed by atoms with van der Waals surface area (Å²) in [6, 6.07) is 15.6. The molecule has 0 spiro atoms. The number of aromatic nitrogens is 2. The molecule has 0 aliphatic carbocycles. The maximum Gasteiger partial charge on any atom is 0.255 e. The fourth-order valence-electron chi connectivity index (χ4n) is 3.42. The summed E-state index contributed by atoms with van der Waals surface area (Å²) < 4.78 is 0. The van der Waals surface area contributed by atoms with Gasteiger partial charge in [-0.05, 0) is 56.6 Å². The Balaban J connectivity index is 1.51. The summed E-state index contributed by atoms with van der Waals surface area (Å²) in [5, 5.41) is 2.94. The molecule has 1 aromatic heterocycles. The Morgan fingerprint density at radius 2 is 2.12 bits per heavy atom. The van der Waals surface area contributed by atoms with E-state index in [2.05, 4.69) is 22.1 Å². The minimum Gasteiger partial charge on any atom is -0.341 e. The number of likely N-dealkylation sites (tertiary alicyclic amines) is 1. The molecule has 4 rings (SSSR count). The van der Waals surface area contributed by atoms with Crippen molar-refractivity contribution in [1.29, 1.82) is 0 Å². The number of carbonyl (C=O) groups is 1.